The van der Waals surface area contributed by atoms with Gasteiger partial charge in [-0.15, -0.1) is 53.6 Å². The summed E-state index contributed by atoms with van der Waals surface area (Å²) in [6.07, 6.45) is -1.10. The summed E-state index contributed by atoms with van der Waals surface area (Å²) in [4.78, 5) is 13.2. The third kappa shape index (κ3) is 7.62. The molecule has 0 aliphatic carbocycles. The summed E-state index contributed by atoms with van der Waals surface area (Å²) in [5.74, 6) is 0. The Morgan fingerprint density at radius 1 is 0.800 bits per heavy atom. The molecule has 0 aliphatic heterocycles. The number of aryl methyl sites for hydroxylation is 3. The number of fused-ring (bicyclic) bond motifs is 3. The van der Waals surface area contributed by atoms with Crippen LogP contribution >= 0.6 is 0 Å². The minimum atomic E-state index is -2.38. The van der Waals surface area contributed by atoms with E-state index in [1.807, 2.05) is 42.6 Å². The quantitative estimate of drug-likeness (QED) is 0.164. The number of aromatic nitrogens is 3. The predicted molar refractivity (Wildman–Crippen MR) is 179 cm³/mol. The molecular weight excluding hydrogens is 731 g/mol. The van der Waals surface area contributed by atoms with E-state index in [4.69, 9.17) is 14.0 Å². The molecule has 0 unspecified atom stereocenters. The molecule has 227 valence electrons. The van der Waals surface area contributed by atoms with Crippen molar-refractivity contribution in [2.75, 3.05) is 0 Å². The maximum Gasteiger partial charge on any atom is 0.216 e. The molecule has 3 aromatic carbocycles. The van der Waals surface area contributed by atoms with Crippen molar-refractivity contribution in [1.82, 2.24) is 15.0 Å². The summed E-state index contributed by atoms with van der Waals surface area (Å²) >= 11 is 0. The van der Waals surface area contributed by atoms with Gasteiger partial charge < -0.3 is 14.4 Å². The molecule has 1 radical (unpaired) electrons. The molecule has 0 atom stereocenters. The van der Waals surface area contributed by atoms with Gasteiger partial charge in [0.1, 0.15) is 0 Å². The minimum Gasteiger partial charge on any atom is -0.486 e. The molecule has 4 aromatic heterocycles. The van der Waals surface area contributed by atoms with E-state index in [1.165, 1.54) is 17.7 Å². The van der Waals surface area contributed by atoms with Gasteiger partial charge in [0.05, 0.1) is 5.58 Å². The van der Waals surface area contributed by atoms with Crippen LogP contribution in [0.15, 0.2) is 120 Å². The zero-order valence-electron chi connectivity index (χ0n) is 32.1. The van der Waals surface area contributed by atoms with E-state index in [1.54, 1.807) is 60.8 Å². The molecule has 7 aromatic rings. The summed E-state index contributed by atoms with van der Waals surface area (Å²) in [5.41, 5.74) is 5.57. The molecule has 5 heteroatoms. The van der Waals surface area contributed by atoms with E-state index in [2.05, 4.69) is 47.9 Å². The van der Waals surface area contributed by atoms with Gasteiger partial charge in [-0.25, -0.2) is 4.98 Å². The minimum absolute atomic E-state index is 0. The molecule has 0 spiro atoms. The standard InChI is InChI=1S/C24H17N2O.C16H18N.Ir/c1-2-7-17(8-3-1)12-13-18-14-15-20-19-9-6-10-21(22-11-4-5-16-25-22)23(19)27-24(20)26-18;1-12-5-7-13(8-6-12)15-10-9-14(11-17-15)16(2,3)4;/h1-9,11,14-16H,12-13H2;5-7,9-11H,1-4H3;/q2*-1;/i12D2,13D2;1D3;. The molecule has 0 N–H and O–H groups in total. The first-order chi connectivity index (χ1) is 24.1. The van der Waals surface area contributed by atoms with E-state index in [-0.39, 0.29) is 42.5 Å². The van der Waals surface area contributed by atoms with Crippen molar-refractivity contribution in [2.24, 2.45) is 0 Å². The van der Waals surface area contributed by atoms with Crippen LogP contribution in [-0.2, 0) is 38.3 Å². The molecule has 0 saturated carbocycles. The first-order valence-electron chi connectivity index (χ1n) is 17.8. The van der Waals surface area contributed by atoms with E-state index < -0.39 is 19.6 Å². The number of nitrogens with zero attached hydrogens (tertiary/aromatic N) is 3. The Bertz CT molecular complexity index is 2210. The fourth-order valence-electron chi connectivity index (χ4n) is 4.63. The summed E-state index contributed by atoms with van der Waals surface area (Å²) in [5, 5.41) is 1.54. The third-order valence-electron chi connectivity index (χ3n) is 7.05. The van der Waals surface area contributed by atoms with Gasteiger partial charge >= 0.3 is 0 Å². The average Bonchev–Trinajstić information content (AvgIpc) is 3.50. The van der Waals surface area contributed by atoms with Crippen molar-refractivity contribution in [3.05, 3.63) is 150 Å². The summed E-state index contributed by atoms with van der Waals surface area (Å²) in [7, 11) is 0. The molecule has 0 amide bonds. The number of hydrogen-bond donors (Lipinski definition) is 0. The normalized spacial score (nSPS) is 14.3. The van der Waals surface area contributed by atoms with Crippen molar-refractivity contribution in [3.63, 3.8) is 0 Å². The maximum atomic E-state index is 8.57. The second-order valence-electron chi connectivity index (χ2n) is 11.3. The first-order valence-corrected chi connectivity index (χ1v) is 14.3. The second kappa shape index (κ2) is 14.1. The average molecular weight is 773 g/mol. The monoisotopic (exact) mass is 773 g/mol. The van der Waals surface area contributed by atoms with Crippen LogP contribution in [0.3, 0.4) is 0 Å². The van der Waals surface area contributed by atoms with Crippen LogP contribution in [0, 0.1) is 19.0 Å². The molecule has 0 bridgehead atoms. The van der Waals surface area contributed by atoms with Crippen LogP contribution in [0.4, 0.5) is 0 Å². The van der Waals surface area contributed by atoms with Crippen LogP contribution in [-0.4, -0.2) is 15.0 Å². The Kier molecular flexibility index (Phi) is 7.49. The number of furan rings is 1. The summed E-state index contributed by atoms with van der Waals surface area (Å²) in [6.45, 7) is 4.33. The summed E-state index contributed by atoms with van der Waals surface area (Å²) < 4.78 is 62.1. The molecule has 7 rings (SSSR count). The molecular formula is C40H35IrN3O-2. The Balaban J connectivity index is 0.000000217. The van der Waals surface area contributed by atoms with E-state index in [0.717, 1.165) is 22.0 Å². The first kappa shape index (κ1) is 23.9. The van der Waals surface area contributed by atoms with Gasteiger partial charge in [0.15, 0.2) is 0 Å². The molecule has 0 saturated heterocycles. The molecule has 4 nitrogen and oxygen atoms in total. The number of rotatable bonds is 5. The fourth-order valence-corrected chi connectivity index (χ4v) is 4.63. The number of hydrogen-bond acceptors (Lipinski definition) is 4. The van der Waals surface area contributed by atoms with Gasteiger partial charge in [-0.3, -0.25) is 0 Å². The largest absolute Gasteiger partial charge is 0.486 e. The maximum absolute atomic E-state index is 8.57. The topological polar surface area (TPSA) is 51.8 Å². The van der Waals surface area contributed by atoms with E-state index in [9.17, 15) is 0 Å². The van der Waals surface area contributed by atoms with Crippen LogP contribution in [0.1, 0.15) is 52.8 Å². The molecule has 0 aliphatic rings. The van der Waals surface area contributed by atoms with Crippen molar-refractivity contribution in [3.8, 4) is 22.5 Å². The summed E-state index contributed by atoms with van der Waals surface area (Å²) in [6, 6.07) is 35.8. The molecule has 0 fully saturated rings. The number of benzene rings is 3. The van der Waals surface area contributed by atoms with E-state index in [0.29, 0.717) is 22.4 Å². The van der Waals surface area contributed by atoms with Gasteiger partial charge in [-0.2, -0.15) is 0 Å². The van der Waals surface area contributed by atoms with Gasteiger partial charge in [-0.1, -0.05) is 93.2 Å². The fraction of sp³-hybridized carbons (Fsp3) is 0.175. The SMILES string of the molecule is [2H]C([2H])([2H])c1c[c-]c(-c2ccc(C(C)(C)C)cn2)cc1.[2H]C([2H])(c1ccccc1)C([2H])([2H])c1ccc2c(n1)oc1c(-c3ccccn3)[c-]ccc12.[Ir]. The Morgan fingerprint density at radius 2 is 1.64 bits per heavy atom. The van der Waals surface area contributed by atoms with Gasteiger partial charge in [0, 0.05) is 53.2 Å². The Morgan fingerprint density at radius 3 is 2.33 bits per heavy atom. The van der Waals surface area contributed by atoms with Crippen molar-refractivity contribution in [1.29, 1.82) is 0 Å². The van der Waals surface area contributed by atoms with Crippen LogP contribution in [0.5, 0.6) is 0 Å². The third-order valence-corrected chi connectivity index (χ3v) is 7.05. The van der Waals surface area contributed by atoms with Crippen LogP contribution in [0.25, 0.3) is 44.6 Å². The van der Waals surface area contributed by atoms with Crippen molar-refractivity contribution < 1.29 is 34.1 Å². The zero-order valence-corrected chi connectivity index (χ0v) is 27.4. The van der Waals surface area contributed by atoms with Crippen molar-refractivity contribution in [2.45, 2.75) is 45.8 Å². The van der Waals surface area contributed by atoms with Gasteiger partial charge in [0.25, 0.3) is 0 Å². The molecule has 45 heavy (non-hydrogen) atoms. The van der Waals surface area contributed by atoms with Gasteiger partial charge in [0.2, 0.25) is 5.71 Å². The van der Waals surface area contributed by atoms with Crippen LogP contribution < -0.4 is 0 Å². The molecule has 4 heterocycles. The Labute approximate surface area is 288 Å². The van der Waals surface area contributed by atoms with Crippen LogP contribution in [0.2, 0.25) is 0 Å². The van der Waals surface area contributed by atoms with E-state index >= 15 is 0 Å². The number of pyridine rings is 3. The smallest absolute Gasteiger partial charge is 0.216 e. The zero-order chi connectivity index (χ0) is 36.6. The second-order valence-corrected chi connectivity index (χ2v) is 11.3. The van der Waals surface area contributed by atoms with Crippen molar-refractivity contribution >= 4 is 22.1 Å². The van der Waals surface area contributed by atoms with Gasteiger partial charge in [-0.05, 0) is 58.9 Å². The predicted octanol–water partition coefficient (Wildman–Crippen LogP) is 9.78. The Hall–Kier alpha value is -4.44.